The van der Waals surface area contributed by atoms with Crippen LogP contribution < -0.4 is 0 Å². The van der Waals surface area contributed by atoms with Gasteiger partial charge in [-0.1, -0.05) is 19.0 Å². The summed E-state index contributed by atoms with van der Waals surface area (Å²) in [4.78, 5) is 22.0. The van der Waals surface area contributed by atoms with Crippen LogP contribution in [0, 0.1) is 0 Å². The molecule has 0 bridgehead atoms. The van der Waals surface area contributed by atoms with Gasteiger partial charge in [0.1, 0.15) is 0 Å². The summed E-state index contributed by atoms with van der Waals surface area (Å²) in [5, 5.41) is 3.93. The molecule has 0 radical (unpaired) electrons. The maximum absolute atomic E-state index is 12.5. The number of aryl methyl sites for hydroxylation is 1. The molecule has 0 saturated carbocycles. The summed E-state index contributed by atoms with van der Waals surface area (Å²) in [6, 6.07) is 4.20. The van der Waals surface area contributed by atoms with E-state index in [-0.39, 0.29) is 17.9 Å². The molecule has 1 aliphatic rings. The summed E-state index contributed by atoms with van der Waals surface area (Å²) in [6.45, 7) is 4.86. The Hall–Kier alpha value is -2.11. The number of amides is 1. The summed E-state index contributed by atoms with van der Waals surface area (Å²) in [7, 11) is 0. The highest BCUT2D eigenvalue weighted by atomic mass is 16.5. The SMILES string of the molecule is CC(C)c1noc(CCC(=O)N2CCC[C@@H]2c2ccc[nH]2)n1. The smallest absolute Gasteiger partial charge is 0.227 e. The fourth-order valence-electron chi connectivity index (χ4n) is 2.90. The average Bonchev–Trinajstić information content (AvgIpc) is 3.23. The summed E-state index contributed by atoms with van der Waals surface area (Å²) >= 11 is 0. The van der Waals surface area contributed by atoms with Crippen LogP contribution in [0.15, 0.2) is 22.9 Å². The van der Waals surface area contributed by atoms with Crippen molar-refractivity contribution < 1.29 is 9.32 Å². The predicted octanol–water partition coefficient (Wildman–Crippen LogP) is 2.82. The van der Waals surface area contributed by atoms with Crippen molar-refractivity contribution in [2.24, 2.45) is 0 Å². The van der Waals surface area contributed by atoms with Crippen LogP contribution in [-0.2, 0) is 11.2 Å². The second kappa shape index (κ2) is 6.34. The Morgan fingerprint density at radius 1 is 1.55 bits per heavy atom. The minimum atomic E-state index is 0.154. The van der Waals surface area contributed by atoms with E-state index in [2.05, 4.69) is 15.1 Å². The van der Waals surface area contributed by atoms with Crippen LogP contribution in [0.5, 0.6) is 0 Å². The molecular weight excluding hydrogens is 280 g/mol. The molecule has 0 spiro atoms. The molecule has 6 nitrogen and oxygen atoms in total. The molecule has 2 aromatic heterocycles. The molecular formula is C16H22N4O2. The van der Waals surface area contributed by atoms with E-state index in [1.807, 2.05) is 37.1 Å². The first-order valence-corrected chi connectivity index (χ1v) is 7.90. The summed E-state index contributed by atoms with van der Waals surface area (Å²) < 4.78 is 5.20. The molecule has 22 heavy (non-hydrogen) atoms. The maximum Gasteiger partial charge on any atom is 0.227 e. The van der Waals surface area contributed by atoms with Crippen LogP contribution in [0.4, 0.5) is 0 Å². The van der Waals surface area contributed by atoms with E-state index in [4.69, 9.17) is 4.52 Å². The fourth-order valence-corrected chi connectivity index (χ4v) is 2.90. The molecule has 0 aromatic carbocycles. The number of hydrogen-bond donors (Lipinski definition) is 1. The lowest BCUT2D eigenvalue weighted by atomic mass is 10.1. The molecule has 1 amide bonds. The molecule has 1 fully saturated rings. The lowest BCUT2D eigenvalue weighted by Gasteiger charge is -2.23. The van der Waals surface area contributed by atoms with Crippen molar-refractivity contribution in [2.45, 2.75) is 51.5 Å². The highest BCUT2D eigenvalue weighted by molar-refractivity contribution is 5.77. The third-order valence-corrected chi connectivity index (χ3v) is 4.11. The Kier molecular flexibility index (Phi) is 4.27. The van der Waals surface area contributed by atoms with Gasteiger partial charge in [0, 0.05) is 37.2 Å². The molecule has 118 valence electrons. The van der Waals surface area contributed by atoms with Crippen LogP contribution in [0.3, 0.4) is 0 Å². The van der Waals surface area contributed by atoms with Crippen LogP contribution in [0.2, 0.25) is 0 Å². The largest absolute Gasteiger partial charge is 0.363 e. The number of aromatic amines is 1. The van der Waals surface area contributed by atoms with Gasteiger partial charge in [-0.2, -0.15) is 4.98 Å². The van der Waals surface area contributed by atoms with E-state index in [1.165, 1.54) is 0 Å². The van der Waals surface area contributed by atoms with Gasteiger partial charge >= 0.3 is 0 Å². The van der Waals surface area contributed by atoms with Gasteiger partial charge in [0.15, 0.2) is 5.82 Å². The molecule has 1 N–H and O–H groups in total. The molecule has 1 atom stereocenters. The van der Waals surface area contributed by atoms with Gasteiger partial charge in [0.2, 0.25) is 11.8 Å². The van der Waals surface area contributed by atoms with Crippen molar-refractivity contribution in [1.29, 1.82) is 0 Å². The second-order valence-electron chi connectivity index (χ2n) is 6.07. The minimum absolute atomic E-state index is 0.154. The number of carbonyl (C=O) groups excluding carboxylic acids is 1. The van der Waals surface area contributed by atoms with E-state index in [9.17, 15) is 4.79 Å². The number of nitrogens with zero attached hydrogens (tertiary/aromatic N) is 3. The molecule has 2 aromatic rings. The first-order valence-electron chi connectivity index (χ1n) is 7.90. The fraction of sp³-hybridized carbons (Fsp3) is 0.562. The normalized spacial score (nSPS) is 18.3. The summed E-state index contributed by atoms with van der Waals surface area (Å²) in [6.07, 6.45) is 4.89. The number of aromatic nitrogens is 3. The Morgan fingerprint density at radius 2 is 2.41 bits per heavy atom. The summed E-state index contributed by atoms with van der Waals surface area (Å²) in [5.41, 5.74) is 1.12. The third kappa shape index (κ3) is 3.05. The molecule has 3 rings (SSSR count). The number of H-pyrrole nitrogens is 1. The third-order valence-electron chi connectivity index (χ3n) is 4.11. The van der Waals surface area contributed by atoms with E-state index in [0.29, 0.717) is 24.6 Å². The van der Waals surface area contributed by atoms with E-state index in [1.54, 1.807) is 0 Å². The Labute approximate surface area is 129 Å². The first-order chi connectivity index (χ1) is 10.6. The number of nitrogens with one attached hydrogen (secondary N) is 1. The number of rotatable bonds is 5. The van der Waals surface area contributed by atoms with E-state index in [0.717, 1.165) is 25.1 Å². The first kappa shape index (κ1) is 14.8. The van der Waals surface area contributed by atoms with Crippen molar-refractivity contribution in [3.8, 4) is 0 Å². The maximum atomic E-state index is 12.5. The molecule has 1 saturated heterocycles. The second-order valence-corrected chi connectivity index (χ2v) is 6.07. The van der Waals surface area contributed by atoms with Crippen LogP contribution >= 0.6 is 0 Å². The summed E-state index contributed by atoms with van der Waals surface area (Å²) in [5.74, 6) is 1.64. The molecule has 6 heteroatoms. The quantitative estimate of drug-likeness (QED) is 0.921. The van der Waals surface area contributed by atoms with Gasteiger partial charge in [-0.3, -0.25) is 4.79 Å². The van der Waals surface area contributed by atoms with Gasteiger partial charge in [-0.25, -0.2) is 0 Å². The zero-order valence-corrected chi connectivity index (χ0v) is 13.1. The van der Waals surface area contributed by atoms with Gasteiger partial charge in [-0.05, 0) is 25.0 Å². The Bertz CT molecular complexity index is 618. The van der Waals surface area contributed by atoms with Crippen molar-refractivity contribution in [2.75, 3.05) is 6.54 Å². The minimum Gasteiger partial charge on any atom is -0.363 e. The topological polar surface area (TPSA) is 75.0 Å². The molecule has 0 aliphatic carbocycles. The monoisotopic (exact) mass is 302 g/mol. The lowest BCUT2D eigenvalue weighted by Crippen LogP contribution is -2.30. The van der Waals surface area contributed by atoms with Gasteiger partial charge < -0.3 is 14.4 Å². The van der Waals surface area contributed by atoms with Gasteiger partial charge in [-0.15, -0.1) is 0 Å². The highest BCUT2D eigenvalue weighted by Crippen LogP contribution is 2.31. The number of likely N-dealkylation sites (tertiary alicyclic amines) is 1. The molecule has 0 unspecified atom stereocenters. The number of carbonyl (C=O) groups is 1. The highest BCUT2D eigenvalue weighted by Gasteiger charge is 2.30. The zero-order valence-electron chi connectivity index (χ0n) is 13.1. The zero-order chi connectivity index (χ0) is 15.5. The van der Waals surface area contributed by atoms with Crippen LogP contribution in [-0.4, -0.2) is 32.5 Å². The van der Waals surface area contributed by atoms with Crippen LogP contribution in [0.1, 0.15) is 62.5 Å². The van der Waals surface area contributed by atoms with E-state index >= 15 is 0 Å². The average molecular weight is 302 g/mol. The van der Waals surface area contributed by atoms with Crippen molar-refractivity contribution >= 4 is 5.91 Å². The standard InChI is InChI=1S/C16H22N4O2/c1-11(2)16-18-14(22-19-16)7-8-15(21)20-10-4-6-13(20)12-5-3-9-17-12/h3,5,9,11,13,17H,4,6-8,10H2,1-2H3/t13-/m1/s1. The Morgan fingerprint density at radius 3 is 3.09 bits per heavy atom. The predicted molar refractivity (Wildman–Crippen MR) is 81.2 cm³/mol. The lowest BCUT2D eigenvalue weighted by molar-refractivity contribution is -0.132. The van der Waals surface area contributed by atoms with Crippen molar-refractivity contribution in [1.82, 2.24) is 20.0 Å². The van der Waals surface area contributed by atoms with E-state index < -0.39 is 0 Å². The van der Waals surface area contributed by atoms with Gasteiger partial charge in [0.05, 0.1) is 6.04 Å². The number of hydrogen-bond acceptors (Lipinski definition) is 4. The van der Waals surface area contributed by atoms with Crippen molar-refractivity contribution in [3.63, 3.8) is 0 Å². The molecule has 3 heterocycles. The molecule has 1 aliphatic heterocycles. The van der Waals surface area contributed by atoms with Crippen molar-refractivity contribution in [3.05, 3.63) is 35.7 Å². The Balaban J connectivity index is 1.59. The van der Waals surface area contributed by atoms with Crippen LogP contribution in [0.25, 0.3) is 0 Å². The van der Waals surface area contributed by atoms with Gasteiger partial charge in [0.25, 0.3) is 0 Å².